The van der Waals surface area contributed by atoms with Crippen LogP contribution in [0.3, 0.4) is 0 Å². The number of aryl methyl sites for hydroxylation is 1. The van der Waals surface area contributed by atoms with Crippen LogP contribution < -0.4 is 16.0 Å². The summed E-state index contributed by atoms with van der Waals surface area (Å²) >= 11 is 0. The van der Waals surface area contributed by atoms with Crippen molar-refractivity contribution < 1.29 is 13.2 Å². The predicted molar refractivity (Wildman–Crippen MR) is 107 cm³/mol. The highest BCUT2D eigenvalue weighted by molar-refractivity contribution is 7.89. The molecule has 0 atom stereocenters. The van der Waals surface area contributed by atoms with Crippen LogP contribution in [0.1, 0.15) is 12.8 Å². The minimum atomic E-state index is -3.78. The number of hydrogen-bond acceptors (Lipinski definition) is 6. The van der Waals surface area contributed by atoms with Crippen LogP contribution in [0.2, 0.25) is 0 Å². The third kappa shape index (κ3) is 5.56. The van der Waals surface area contributed by atoms with E-state index in [0.29, 0.717) is 17.8 Å². The fraction of sp³-hybridized carbons (Fsp3) is 0.158. The van der Waals surface area contributed by atoms with E-state index in [1.807, 2.05) is 0 Å². The third-order valence-electron chi connectivity index (χ3n) is 4.08. The van der Waals surface area contributed by atoms with Crippen molar-refractivity contribution in [2.75, 3.05) is 5.32 Å². The van der Waals surface area contributed by atoms with Gasteiger partial charge in [-0.3, -0.25) is 14.6 Å². The molecule has 3 N–H and O–H groups in total. The lowest BCUT2D eigenvalue weighted by molar-refractivity contribution is -0.116. The molecular formula is C19H19N5O4S. The van der Waals surface area contributed by atoms with Gasteiger partial charge in [0, 0.05) is 42.7 Å². The molecule has 10 heteroatoms. The summed E-state index contributed by atoms with van der Waals surface area (Å²) in [6.07, 6.45) is 3.87. The Labute approximate surface area is 167 Å². The molecule has 2 heterocycles. The van der Waals surface area contributed by atoms with Crippen LogP contribution in [0.5, 0.6) is 0 Å². The number of benzene rings is 1. The van der Waals surface area contributed by atoms with Crippen molar-refractivity contribution in [2.45, 2.75) is 24.3 Å². The fourth-order valence-electron chi connectivity index (χ4n) is 2.63. The van der Waals surface area contributed by atoms with Gasteiger partial charge in [-0.1, -0.05) is 0 Å². The third-order valence-corrected chi connectivity index (χ3v) is 5.01. The quantitative estimate of drug-likeness (QED) is 0.600. The van der Waals surface area contributed by atoms with Gasteiger partial charge in [0.25, 0.3) is 5.56 Å². The maximum Gasteiger partial charge on any atom is 0.266 e. The summed E-state index contributed by atoms with van der Waals surface area (Å²) in [5, 5.41) is 12.0. The van der Waals surface area contributed by atoms with Crippen molar-refractivity contribution >= 4 is 21.6 Å². The Hall–Kier alpha value is -3.37. The second kappa shape index (κ2) is 8.76. The summed E-state index contributed by atoms with van der Waals surface area (Å²) < 4.78 is 23.8. The van der Waals surface area contributed by atoms with Gasteiger partial charge in [0.1, 0.15) is 0 Å². The summed E-state index contributed by atoms with van der Waals surface area (Å²) in [6.45, 7) is 0.287. The number of primary sulfonamides is 1. The van der Waals surface area contributed by atoms with Crippen LogP contribution in [0.15, 0.2) is 70.6 Å². The van der Waals surface area contributed by atoms with E-state index in [1.54, 1.807) is 30.6 Å². The second-order valence-corrected chi connectivity index (χ2v) is 7.80. The number of nitrogens with zero attached hydrogens (tertiary/aromatic N) is 3. The molecule has 0 saturated heterocycles. The number of nitrogens with one attached hydrogen (secondary N) is 1. The molecule has 2 aromatic heterocycles. The number of rotatable bonds is 7. The molecule has 3 aromatic rings. The van der Waals surface area contributed by atoms with Crippen molar-refractivity contribution in [3.05, 3.63) is 71.3 Å². The van der Waals surface area contributed by atoms with Gasteiger partial charge in [0.05, 0.1) is 10.6 Å². The molecule has 0 unspecified atom stereocenters. The zero-order chi connectivity index (χ0) is 20.9. The summed E-state index contributed by atoms with van der Waals surface area (Å²) in [5.74, 6) is -0.258. The standard InChI is InChI=1S/C19H19N5O4S/c20-29(27,28)16-5-3-15(4-6-16)22-18(25)2-1-13-24-19(26)8-7-17(23-24)14-9-11-21-12-10-14/h3-12H,1-2,13H2,(H,22,25)(H2,20,27,28). The van der Waals surface area contributed by atoms with Crippen LogP contribution in [0.4, 0.5) is 5.69 Å². The van der Waals surface area contributed by atoms with Crippen LogP contribution in [0, 0.1) is 0 Å². The molecule has 0 fully saturated rings. The van der Waals surface area contributed by atoms with Crippen molar-refractivity contribution in [1.82, 2.24) is 14.8 Å². The second-order valence-electron chi connectivity index (χ2n) is 6.24. The van der Waals surface area contributed by atoms with E-state index in [1.165, 1.54) is 35.0 Å². The minimum Gasteiger partial charge on any atom is -0.326 e. The first-order valence-electron chi connectivity index (χ1n) is 8.74. The smallest absolute Gasteiger partial charge is 0.266 e. The zero-order valence-electron chi connectivity index (χ0n) is 15.4. The van der Waals surface area contributed by atoms with E-state index >= 15 is 0 Å². The number of hydrogen-bond donors (Lipinski definition) is 2. The molecule has 29 heavy (non-hydrogen) atoms. The van der Waals surface area contributed by atoms with Crippen molar-refractivity contribution in [1.29, 1.82) is 0 Å². The number of anilines is 1. The van der Waals surface area contributed by atoms with E-state index in [4.69, 9.17) is 5.14 Å². The predicted octanol–water partition coefficient (Wildman–Crippen LogP) is 1.37. The molecule has 0 aliphatic rings. The van der Waals surface area contributed by atoms with Gasteiger partial charge in [0.2, 0.25) is 15.9 Å². The van der Waals surface area contributed by atoms with E-state index < -0.39 is 10.0 Å². The highest BCUT2D eigenvalue weighted by Gasteiger charge is 2.09. The van der Waals surface area contributed by atoms with Gasteiger partial charge < -0.3 is 5.32 Å². The molecule has 3 rings (SSSR count). The number of carbonyl (C=O) groups is 1. The Morgan fingerprint density at radius 1 is 1.03 bits per heavy atom. The Balaban J connectivity index is 1.57. The molecule has 0 radical (unpaired) electrons. The summed E-state index contributed by atoms with van der Waals surface area (Å²) in [5.41, 5.74) is 1.69. The Kier molecular flexibility index (Phi) is 6.15. The van der Waals surface area contributed by atoms with Gasteiger partial charge in [-0.2, -0.15) is 5.10 Å². The molecule has 0 aliphatic heterocycles. The molecule has 1 amide bonds. The molecule has 1 aromatic carbocycles. The average Bonchev–Trinajstić information content (AvgIpc) is 2.70. The number of carbonyl (C=O) groups excluding carboxylic acids is 1. The topological polar surface area (TPSA) is 137 Å². The highest BCUT2D eigenvalue weighted by atomic mass is 32.2. The number of nitrogens with two attached hydrogens (primary N) is 1. The molecule has 9 nitrogen and oxygen atoms in total. The monoisotopic (exact) mass is 413 g/mol. The number of sulfonamides is 1. The van der Waals surface area contributed by atoms with Gasteiger partial charge >= 0.3 is 0 Å². The normalized spacial score (nSPS) is 11.2. The number of pyridine rings is 1. The minimum absolute atomic E-state index is 0.0324. The Bertz CT molecular complexity index is 1160. The van der Waals surface area contributed by atoms with E-state index in [9.17, 15) is 18.0 Å². The molecular weight excluding hydrogens is 394 g/mol. The SMILES string of the molecule is NS(=O)(=O)c1ccc(NC(=O)CCCn2nc(-c3ccncc3)ccc2=O)cc1. The maximum absolute atomic E-state index is 12.1. The van der Waals surface area contributed by atoms with Crippen LogP contribution in [-0.4, -0.2) is 29.1 Å². The van der Waals surface area contributed by atoms with E-state index in [-0.39, 0.29) is 29.3 Å². The number of aromatic nitrogens is 3. The van der Waals surface area contributed by atoms with Crippen molar-refractivity contribution in [3.8, 4) is 11.3 Å². The van der Waals surface area contributed by atoms with Crippen LogP contribution >= 0.6 is 0 Å². The fourth-order valence-corrected chi connectivity index (χ4v) is 3.14. The van der Waals surface area contributed by atoms with Crippen LogP contribution in [-0.2, 0) is 21.4 Å². The number of amides is 1. The maximum atomic E-state index is 12.1. The first-order valence-corrected chi connectivity index (χ1v) is 10.3. The Morgan fingerprint density at radius 2 is 1.72 bits per heavy atom. The lowest BCUT2D eigenvalue weighted by atomic mass is 10.2. The molecule has 0 spiro atoms. The largest absolute Gasteiger partial charge is 0.326 e. The van der Waals surface area contributed by atoms with Crippen molar-refractivity contribution in [2.24, 2.45) is 5.14 Å². The lowest BCUT2D eigenvalue weighted by Crippen LogP contribution is -2.23. The first kappa shape index (κ1) is 20.4. The lowest BCUT2D eigenvalue weighted by Gasteiger charge is -2.08. The highest BCUT2D eigenvalue weighted by Crippen LogP contribution is 2.14. The van der Waals surface area contributed by atoms with Crippen molar-refractivity contribution in [3.63, 3.8) is 0 Å². The summed E-state index contributed by atoms with van der Waals surface area (Å²) in [7, 11) is -3.78. The first-order chi connectivity index (χ1) is 13.8. The van der Waals surface area contributed by atoms with Gasteiger partial charge in [-0.25, -0.2) is 18.2 Å². The molecule has 0 aliphatic carbocycles. The zero-order valence-corrected chi connectivity index (χ0v) is 16.2. The summed E-state index contributed by atoms with van der Waals surface area (Å²) in [4.78, 5) is 28.0. The average molecular weight is 413 g/mol. The molecule has 150 valence electrons. The Morgan fingerprint density at radius 3 is 2.38 bits per heavy atom. The van der Waals surface area contributed by atoms with E-state index in [0.717, 1.165) is 5.56 Å². The summed E-state index contributed by atoms with van der Waals surface area (Å²) in [6, 6.07) is 12.2. The van der Waals surface area contributed by atoms with Crippen LogP contribution in [0.25, 0.3) is 11.3 Å². The van der Waals surface area contributed by atoms with Gasteiger partial charge in [-0.05, 0) is 48.9 Å². The van der Waals surface area contributed by atoms with Gasteiger partial charge in [-0.15, -0.1) is 0 Å². The molecule has 0 saturated carbocycles. The molecule has 0 bridgehead atoms. The van der Waals surface area contributed by atoms with E-state index in [2.05, 4.69) is 15.4 Å². The van der Waals surface area contributed by atoms with Gasteiger partial charge in [0.15, 0.2) is 0 Å².